The fourth-order valence-electron chi connectivity index (χ4n) is 0.705. The Balaban J connectivity index is 2.03. The number of allylic oxidation sites excluding steroid dienone is 1. The van der Waals surface area contributed by atoms with Crippen molar-refractivity contribution in [2.75, 3.05) is 6.54 Å². The van der Waals surface area contributed by atoms with Crippen molar-refractivity contribution in [1.29, 1.82) is 0 Å². The highest BCUT2D eigenvalue weighted by Crippen LogP contribution is 1.95. The quantitative estimate of drug-likeness (QED) is 0.540. The largest absolute Gasteiger partial charge is 0.330 e. The summed E-state index contributed by atoms with van der Waals surface area (Å²) in [6.45, 7) is 0.857. The Morgan fingerprint density at radius 3 is 2.62 bits per heavy atom. The van der Waals surface area contributed by atoms with E-state index < -0.39 is 0 Å². The lowest BCUT2D eigenvalue weighted by Gasteiger charge is -2.02. The molecule has 0 aliphatic carbocycles. The summed E-state index contributed by atoms with van der Waals surface area (Å²) in [4.78, 5) is 0. The molecule has 1 aliphatic rings. The fraction of sp³-hybridized carbons (Fsp3) is 0.500. The first-order valence-electron chi connectivity index (χ1n) is 3.01. The molecule has 0 fully saturated rings. The van der Waals surface area contributed by atoms with Gasteiger partial charge < -0.3 is 5.73 Å². The lowest BCUT2D eigenvalue weighted by Crippen LogP contribution is -2.10. The second-order valence-corrected chi connectivity index (χ2v) is 4.31. The van der Waals surface area contributed by atoms with E-state index in [0.717, 1.165) is 6.54 Å². The SMILES string of the molecule is NCCC[Si]1=CC=C1. The molecule has 0 bridgehead atoms. The monoisotopic (exact) mass is 125 g/mol. The van der Waals surface area contributed by atoms with E-state index in [1.807, 2.05) is 0 Å². The van der Waals surface area contributed by atoms with Gasteiger partial charge in [-0.15, -0.1) is 0 Å². The summed E-state index contributed by atoms with van der Waals surface area (Å²) < 4.78 is 0. The topological polar surface area (TPSA) is 26.0 Å². The van der Waals surface area contributed by atoms with Gasteiger partial charge in [0.1, 0.15) is 0 Å². The van der Waals surface area contributed by atoms with Crippen LogP contribution in [0.15, 0.2) is 11.8 Å². The van der Waals surface area contributed by atoms with Crippen molar-refractivity contribution in [1.82, 2.24) is 0 Å². The molecule has 0 saturated heterocycles. The van der Waals surface area contributed by atoms with E-state index in [4.69, 9.17) is 5.73 Å². The molecule has 1 aliphatic heterocycles. The van der Waals surface area contributed by atoms with Crippen molar-refractivity contribution in [3.63, 3.8) is 0 Å². The van der Waals surface area contributed by atoms with Gasteiger partial charge in [-0.25, -0.2) is 0 Å². The summed E-state index contributed by atoms with van der Waals surface area (Å²) in [7, 11) is -0.0966. The standard InChI is InChI=1S/C6H11NSi/c7-3-1-4-8-5-2-6-8/h2,5-6H,1,3-4,7H2. The minimum absolute atomic E-state index is 0.0966. The molecule has 0 aromatic heterocycles. The van der Waals surface area contributed by atoms with Crippen molar-refractivity contribution >= 4 is 14.1 Å². The highest BCUT2D eigenvalue weighted by Gasteiger charge is 1.96. The lowest BCUT2D eigenvalue weighted by molar-refractivity contribution is 0.925. The molecule has 0 spiro atoms. The number of rotatable bonds is 3. The minimum atomic E-state index is -0.0966. The van der Waals surface area contributed by atoms with E-state index in [0.29, 0.717) is 0 Å². The first-order chi connectivity index (χ1) is 3.93. The second kappa shape index (κ2) is 2.94. The highest BCUT2D eigenvalue weighted by atomic mass is 28.2. The van der Waals surface area contributed by atoms with E-state index in [1.54, 1.807) is 0 Å². The van der Waals surface area contributed by atoms with Crippen LogP contribution in [0.1, 0.15) is 6.42 Å². The molecule has 0 atom stereocenters. The smallest absolute Gasteiger partial charge is 0.0369 e. The highest BCUT2D eigenvalue weighted by molar-refractivity contribution is 6.76. The molecule has 0 amide bonds. The molecule has 0 unspecified atom stereocenters. The van der Waals surface area contributed by atoms with Gasteiger partial charge in [-0.3, -0.25) is 0 Å². The van der Waals surface area contributed by atoms with E-state index in [9.17, 15) is 0 Å². The van der Waals surface area contributed by atoms with Crippen LogP contribution in [-0.4, -0.2) is 20.6 Å². The average molecular weight is 125 g/mol. The third-order valence-corrected chi connectivity index (χ3v) is 3.46. The summed E-state index contributed by atoms with van der Waals surface area (Å²) >= 11 is 0. The summed E-state index contributed by atoms with van der Waals surface area (Å²) in [6.07, 6.45) is 3.35. The maximum Gasteiger partial charge on any atom is 0.0369 e. The van der Waals surface area contributed by atoms with E-state index in [-0.39, 0.29) is 8.41 Å². The third-order valence-electron chi connectivity index (χ3n) is 1.29. The molecule has 44 valence electrons. The molecule has 0 aromatic rings. The molecular formula is C6H11NSi. The van der Waals surface area contributed by atoms with Crippen LogP contribution in [0.3, 0.4) is 0 Å². The van der Waals surface area contributed by atoms with Gasteiger partial charge in [-0.1, -0.05) is 17.4 Å². The van der Waals surface area contributed by atoms with E-state index in [1.165, 1.54) is 12.5 Å². The summed E-state index contributed by atoms with van der Waals surface area (Å²) in [5, 5.41) is 0. The predicted molar refractivity (Wildman–Crippen MR) is 39.4 cm³/mol. The number of nitrogens with two attached hydrogens (primary N) is 1. The maximum absolute atomic E-state index is 5.33. The maximum atomic E-state index is 5.33. The zero-order valence-electron chi connectivity index (χ0n) is 4.93. The average Bonchev–Trinajstić information content (AvgIpc) is 1.63. The molecular weight excluding hydrogens is 114 g/mol. The zero-order valence-corrected chi connectivity index (χ0v) is 5.93. The van der Waals surface area contributed by atoms with E-state index >= 15 is 0 Å². The molecule has 1 heterocycles. The van der Waals surface area contributed by atoms with Crippen molar-refractivity contribution in [2.45, 2.75) is 12.5 Å². The van der Waals surface area contributed by atoms with Crippen LogP contribution in [0, 0.1) is 0 Å². The predicted octanol–water partition coefficient (Wildman–Crippen LogP) is 0.323. The van der Waals surface area contributed by atoms with Crippen molar-refractivity contribution in [3.8, 4) is 0 Å². The summed E-state index contributed by atoms with van der Waals surface area (Å²) in [5.41, 5.74) is 9.97. The molecule has 0 aromatic carbocycles. The molecule has 1 rings (SSSR count). The Morgan fingerprint density at radius 2 is 2.25 bits per heavy atom. The Hall–Kier alpha value is -0.213. The van der Waals surface area contributed by atoms with Crippen LogP contribution in [0.5, 0.6) is 0 Å². The number of hydrogen-bond acceptors (Lipinski definition) is 1. The fourth-order valence-corrected chi connectivity index (χ4v) is 2.12. The molecule has 2 N–H and O–H groups in total. The second-order valence-electron chi connectivity index (χ2n) is 1.99. The van der Waals surface area contributed by atoms with Crippen LogP contribution in [0.4, 0.5) is 0 Å². The lowest BCUT2D eigenvalue weighted by atomic mass is 10.5. The van der Waals surface area contributed by atoms with Gasteiger partial charge in [0.2, 0.25) is 0 Å². The Bertz CT molecular complexity index is 126. The summed E-state index contributed by atoms with van der Waals surface area (Å²) in [5.74, 6) is 0. The molecule has 0 saturated carbocycles. The van der Waals surface area contributed by atoms with Crippen LogP contribution < -0.4 is 5.73 Å². The van der Waals surface area contributed by atoms with Crippen molar-refractivity contribution in [2.24, 2.45) is 5.73 Å². The van der Waals surface area contributed by atoms with Crippen LogP contribution in [0.2, 0.25) is 6.04 Å². The van der Waals surface area contributed by atoms with Crippen LogP contribution >= 0.6 is 0 Å². The first-order valence-corrected chi connectivity index (χ1v) is 4.87. The Kier molecular flexibility index (Phi) is 2.18. The molecule has 1 nitrogen and oxygen atoms in total. The molecule has 2 heteroatoms. The summed E-state index contributed by atoms with van der Waals surface area (Å²) in [6, 6.07) is 1.34. The number of hydrogen-bond donors (Lipinski definition) is 1. The molecule has 0 radical (unpaired) electrons. The van der Waals surface area contributed by atoms with Gasteiger partial charge in [0.25, 0.3) is 0 Å². The first kappa shape index (κ1) is 5.92. The Labute approximate surface area is 51.4 Å². The van der Waals surface area contributed by atoms with Gasteiger partial charge in [-0.05, 0) is 19.0 Å². The zero-order chi connectivity index (χ0) is 5.82. The minimum Gasteiger partial charge on any atom is -0.330 e. The van der Waals surface area contributed by atoms with Crippen LogP contribution in [-0.2, 0) is 0 Å². The van der Waals surface area contributed by atoms with Gasteiger partial charge in [0.05, 0.1) is 0 Å². The van der Waals surface area contributed by atoms with Gasteiger partial charge in [0, 0.05) is 8.41 Å². The van der Waals surface area contributed by atoms with E-state index in [2.05, 4.69) is 17.4 Å². The molecule has 8 heavy (non-hydrogen) atoms. The van der Waals surface area contributed by atoms with Gasteiger partial charge in [-0.2, -0.15) is 0 Å². The Morgan fingerprint density at radius 1 is 1.50 bits per heavy atom. The van der Waals surface area contributed by atoms with Crippen molar-refractivity contribution < 1.29 is 0 Å². The van der Waals surface area contributed by atoms with Crippen LogP contribution in [0.25, 0.3) is 0 Å². The van der Waals surface area contributed by atoms with Crippen molar-refractivity contribution in [3.05, 3.63) is 11.8 Å². The third kappa shape index (κ3) is 1.38. The van der Waals surface area contributed by atoms with Gasteiger partial charge >= 0.3 is 0 Å². The normalized spacial score (nSPS) is 15.4. The van der Waals surface area contributed by atoms with Gasteiger partial charge in [0.15, 0.2) is 0 Å².